The molecule has 0 aliphatic carbocycles. The number of morpholine rings is 1. The van der Waals surface area contributed by atoms with E-state index in [2.05, 4.69) is 25.0 Å². The summed E-state index contributed by atoms with van der Waals surface area (Å²) in [6.07, 6.45) is 7.08. The van der Waals surface area contributed by atoms with Crippen LogP contribution in [0.1, 0.15) is 39.0 Å². The molecule has 0 radical (unpaired) electrons. The Hall–Kier alpha value is -2.66. The summed E-state index contributed by atoms with van der Waals surface area (Å²) in [5.74, 6) is -1.33. The zero-order valence-corrected chi connectivity index (χ0v) is 26.9. The smallest absolute Gasteiger partial charge is 0.247 e. The second kappa shape index (κ2) is 14.2. The number of benzene rings is 1. The number of unbranched alkanes of at least 4 members (excludes halogenated alkanes) is 2. The molecule has 4 fully saturated rings. The van der Waals surface area contributed by atoms with Gasteiger partial charge in [0.25, 0.3) is 0 Å². The van der Waals surface area contributed by atoms with Crippen LogP contribution in [0.25, 0.3) is 0 Å². The first-order chi connectivity index (χ1) is 21.3. The van der Waals surface area contributed by atoms with Crippen LogP contribution in [0, 0.1) is 11.8 Å². The van der Waals surface area contributed by atoms with E-state index in [0.717, 1.165) is 44.6 Å². The maximum atomic E-state index is 14.7. The quantitative estimate of drug-likeness (QED) is 0.237. The van der Waals surface area contributed by atoms with Crippen LogP contribution in [0.2, 0.25) is 0 Å². The average Bonchev–Trinajstić information content (AvgIpc) is 3.61. The van der Waals surface area contributed by atoms with Gasteiger partial charge in [0.2, 0.25) is 17.7 Å². The van der Waals surface area contributed by atoms with Gasteiger partial charge in [-0.05, 0) is 51.2 Å². The lowest BCUT2D eigenvalue weighted by Crippen LogP contribution is -2.56. The minimum absolute atomic E-state index is 0.0491. The Kier molecular flexibility index (Phi) is 10.6. The van der Waals surface area contributed by atoms with Crippen LogP contribution < -0.4 is 4.90 Å². The van der Waals surface area contributed by atoms with E-state index in [1.54, 1.807) is 33.7 Å². The molecule has 2 bridgehead atoms. The van der Waals surface area contributed by atoms with Crippen LogP contribution in [0.5, 0.6) is 0 Å². The second-order valence-corrected chi connectivity index (χ2v) is 14.5. The van der Waals surface area contributed by atoms with Crippen molar-refractivity contribution >= 4 is 35.2 Å². The van der Waals surface area contributed by atoms with Crippen LogP contribution in [0.4, 0.5) is 5.69 Å². The summed E-state index contributed by atoms with van der Waals surface area (Å²) in [6.45, 7) is 15.6. The fraction of sp³-hybridized carbons (Fsp3) is 0.618. The highest BCUT2D eigenvalue weighted by atomic mass is 32.2. The number of hydrogen-bond donors (Lipinski definition) is 1. The van der Waals surface area contributed by atoms with Crippen LogP contribution in [-0.2, 0) is 19.1 Å². The summed E-state index contributed by atoms with van der Waals surface area (Å²) in [4.78, 5) is 51.5. The number of anilines is 1. The number of nitrogens with zero attached hydrogens (tertiary/aromatic N) is 4. The molecular weight excluding hydrogens is 576 g/mol. The second-order valence-electron chi connectivity index (χ2n) is 12.6. The van der Waals surface area contributed by atoms with E-state index in [4.69, 9.17) is 4.74 Å². The van der Waals surface area contributed by atoms with E-state index in [1.165, 1.54) is 0 Å². The first-order valence-electron chi connectivity index (χ1n) is 16.1. The van der Waals surface area contributed by atoms with Gasteiger partial charge in [0.1, 0.15) is 6.04 Å². The molecule has 0 saturated carbocycles. The van der Waals surface area contributed by atoms with Gasteiger partial charge in [-0.3, -0.25) is 19.3 Å². The molecule has 1 aromatic carbocycles. The highest BCUT2D eigenvalue weighted by Crippen LogP contribution is 2.71. The largest absolute Gasteiger partial charge is 0.396 e. The Morgan fingerprint density at radius 1 is 1.05 bits per heavy atom. The van der Waals surface area contributed by atoms with Gasteiger partial charge in [0, 0.05) is 62.9 Å². The molecule has 1 aromatic rings. The van der Waals surface area contributed by atoms with Crippen LogP contribution in [0.3, 0.4) is 0 Å². The number of rotatable bonds is 15. The van der Waals surface area contributed by atoms with Gasteiger partial charge in [-0.15, -0.1) is 24.9 Å². The number of likely N-dealkylation sites (tertiary alicyclic amines) is 1. The van der Waals surface area contributed by atoms with Crippen molar-refractivity contribution in [3.63, 3.8) is 0 Å². The first-order valence-corrected chi connectivity index (χ1v) is 16.9. The minimum atomic E-state index is -0.671. The maximum Gasteiger partial charge on any atom is 0.247 e. The molecular formula is C34H48N4O5S. The molecule has 5 atom stereocenters. The predicted octanol–water partition coefficient (Wildman–Crippen LogP) is 3.20. The lowest BCUT2D eigenvalue weighted by molar-refractivity contribution is -0.143. The molecule has 1 spiro atoms. The molecule has 2 unspecified atom stereocenters. The molecule has 4 aliphatic heterocycles. The number of aliphatic hydroxyl groups excluding tert-OH is 1. The van der Waals surface area contributed by atoms with Crippen molar-refractivity contribution < 1.29 is 24.2 Å². The monoisotopic (exact) mass is 624 g/mol. The summed E-state index contributed by atoms with van der Waals surface area (Å²) < 4.78 is 4.38. The van der Waals surface area contributed by atoms with Crippen molar-refractivity contribution in [1.29, 1.82) is 0 Å². The fourth-order valence-electron chi connectivity index (χ4n) is 7.83. The molecule has 1 N–H and O–H groups in total. The zero-order chi connectivity index (χ0) is 31.3. The number of aliphatic hydroxyl groups is 1. The van der Waals surface area contributed by atoms with Gasteiger partial charge >= 0.3 is 0 Å². The molecule has 3 amide bonds. The first kappa shape index (κ1) is 32.7. The molecule has 240 valence electrons. The van der Waals surface area contributed by atoms with Gasteiger partial charge in [0.15, 0.2) is 0 Å². The van der Waals surface area contributed by atoms with Crippen molar-refractivity contribution in [2.45, 2.75) is 54.6 Å². The number of carbonyl (C=O) groups excluding carboxylic acids is 3. The third-order valence-corrected chi connectivity index (χ3v) is 11.9. The number of thioether (sulfide) groups is 1. The Morgan fingerprint density at radius 3 is 2.45 bits per heavy atom. The fourth-order valence-corrected chi connectivity index (χ4v) is 10.2. The topological polar surface area (TPSA) is 93.6 Å². The van der Waals surface area contributed by atoms with E-state index in [-0.39, 0.29) is 24.3 Å². The molecule has 4 saturated heterocycles. The van der Waals surface area contributed by atoms with Gasteiger partial charge < -0.3 is 24.5 Å². The summed E-state index contributed by atoms with van der Waals surface area (Å²) in [7, 11) is 0. The number of hydrogen-bond acceptors (Lipinski definition) is 7. The van der Waals surface area contributed by atoms with Crippen molar-refractivity contribution in [3.05, 3.63) is 55.6 Å². The third kappa shape index (κ3) is 6.10. The molecule has 44 heavy (non-hydrogen) atoms. The van der Waals surface area contributed by atoms with Crippen LogP contribution in [0.15, 0.2) is 55.6 Å². The summed E-state index contributed by atoms with van der Waals surface area (Å²) in [5.41, 5.74) is 0.780. The van der Waals surface area contributed by atoms with E-state index in [1.807, 2.05) is 35.2 Å². The van der Waals surface area contributed by atoms with Crippen molar-refractivity contribution in [2.75, 3.05) is 70.5 Å². The molecule has 4 heterocycles. The van der Waals surface area contributed by atoms with Gasteiger partial charge in [0.05, 0.1) is 29.8 Å². The maximum absolute atomic E-state index is 14.7. The number of para-hydroxylation sites is 1. The normalized spacial score (nSPS) is 29.5. The van der Waals surface area contributed by atoms with E-state index < -0.39 is 27.4 Å². The number of carbonyl (C=O) groups is 3. The summed E-state index contributed by atoms with van der Waals surface area (Å²) in [6, 6.07) is 8.92. The van der Waals surface area contributed by atoms with Crippen LogP contribution in [-0.4, -0.2) is 119 Å². The van der Waals surface area contributed by atoms with Crippen molar-refractivity contribution in [1.82, 2.24) is 14.7 Å². The van der Waals surface area contributed by atoms with E-state index >= 15 is 0 Å². The van der Waals surface area contributed by atoms with E-state index in [9.17, 15) is 19.5 Å². The SMILES string of the molecule is C=CCN(CCN1CCOCC1)C(=O)C1N(CCCCCO)C(=O)[C@@H]2[C@@H](C(=O)N(CC=C)c3ccccc3)[C@@]3(C)CCC12S3. The Balaban J connectivity index is 1.48. The minimum Gasteiger partial charge on any atom is -0.396 e. The van der Waals surface area contributed by atoms with Crippen molar-refractivity contribution in [2.24, 2.45) is 11.8 Å². The Labute approximate surface area is 266 Å². The average molecular weight is 625 g/mol. The standard InChI is InChI=1S/C34H48N4O5S/c1-4-16-36(20-19-35-21-24-43-25-22-35)32(42)29-34-15-14-33(3,44-34)27(28(34)31(41)38(29)18-10-7-11-23-39)30(40)37(17-5-2)26-12-8-6-9-13-26/h4-6,8-9,12-13,27-29,39H,1-2,7,10-11,14-25H2,3H3/t27-,28-,29?,33+,34?/m0/s1. The van der Waals surface area contributed by atoms with Crippen molar-refractivity contribution in [3.8, 4) is 0 Å². The summed E-state index contributed by atoms with van der Waals surface area (Å²) >= 11 is 1.71. The molecule has 10 heteroatoms. The van der Waals surface area contributed by atoms with Gasteiger partial charge in [-0.2, -0.15) is 0 Å². The van der Waals surface area contributed by atoms with Gasteiger partial charge in [-0.1, -0.05) is 30.4 Å². The predicted molar refractivity (Wildman–Crippen MR) is 174 cm³/mol. The zero-order valence-electron chi connectivity index (χ0n) is 26.1. The lowest BCUT2D eigenvalue weighted by Gasteiger charge is -2.38. The molecule has 5 rings (SSSR count). The lowest BCUT2D eigenvalue weighted by atomic mass is 9.66. The van der Waals surface area contributed by atoms with Crippen LogP contribution >= 0.6 is 11.8 Å². The number of fused-ring (bicyclic) bond motifs is 1. The number of ether oxygens (including phenoxy) is 1. The van der Waals surface area contributed by atoms with Gasteiger partial charge in [-0.25, -0.2) is 0 Å². The summed E-state index contributed by atoms with van der Waals surface area (Å²) in [5, 5.41) is 9.36. The molecule has 0 aromatic heterocycles. The number of amides is 3. The Morgan fingerprint density at radius 2 is 1.77 bits per heavy atom. The third-order valence-electron chi connectivity index (χ3n) is 9.93. The highest BCUT2D eigenvalue weighted by molar-refractivity contribution is 8.02. The highest BCUT2D eigenvalue weighted by Gasteiger charge is 2.77. The Bertz CT molecular complexity index is 1210. The molecule has 4 aliphatic rings. The molecule has 9 nitrogen and oxygen atoms in total. The van der Waals surface area contributed by atoms with E-state index in [0.29, 0.717) is 52.2 Å².